The summed E-state index contributed by atoms with van der Waals surface area (Å²) < 4.78 is 3.24. The van der Waals surface area contributed by atoms with E-state index in [1.165, 1.54) is 5.56 Å². The number of hydrogen-bond acceptors (Lipinski definition) is 2. The van der Waals surface area contributed by atoms with Crippen LogP contribution < -0.4 is 0 Å². The molecule has 1 heterocycles. The van der Waals surface area contributed by atoms with Crippen LogP contribution in [0.25, 0.3) is 6.08 Å². The van der Waals surface area contributed by atoms with Gasteiger partial charge in [0.1, 0.15) is 6.54 Å². The van der Waals surface area contributed by atoms with Gasteiger partial charge in [0, 0.05) is 42.1 Å². The predicted molar refractivity (Wildman–Crippen MR) is 150 cm³/mol. The molecule has 3 rings (SSSR count). The van der Waals surface area contributed by atoms with E-state index in [1.807, 2.05) is 60.4 Å². The summed E-state index contributed by atoms with van der Waals surface area (Å²) in [6, 6.07) is 22.1. The van der Waals surface area contributed by atoms with E-state index in [4.69, 9.17) is 0 Å². The zero-order chi connectivity index (χ0) is 25.8. The van der Waals surface area contributed by atoms with E-state index >= 15 is 0 Å². The highest BCUT2D eigenvalue weighted by Crippen LogP contribution is 2.15. The van der Waals surface area contributed by atoms with Crippen LogP contribution in [0.15, 0.2) is 83.5 Å². The molecule has 0 atom stereocenters. The molecule has 0 aliphatic carbocycles. The Balaban J connectivity index is 1.70. The molecule has 0 bridgehead atoms. The number of carbonyl (C=O) groups is 2. The standard InChI is InChI=1S/C30H36BrN3O2/c1-3-5-20-34(23-28-12-9-21-32(28)22-26-13-16-27(31)17-14-26)30(36)24-33(19-4-2)29(35)18-15-25-10-7-6-8-11-25/h6-18,21H,3-5,19-20,22-24H2,1-2H3/b18-15+. The lowest BCUT2D eigenvalue weighted by Gasteiger charge is -2.27. The maximum absolute atomic E-state index is 13.4. The van der Waals surface area contributed by atoms with E-state index in [2.05, 4.69) is 51.8 Å². The molecule has 0 N–H and O–H groups in total. The van der Waals surface area contributed by atoms with Gasteiger partial charge in [-0.15, -0.1) is 0 Å². The lowest BCUT2D eigenvalue weighted by atomic mass is 10.2. The largest absolute Gasteiger partial charge is 0.345 e. The number of hydrogen-bond donors (Lipinski definition) is 0. The normalized spacial score (nSPS) is 11.1. The Morgan fingerprint density at radius 1 is 0.889 bits per heavy atom. The van der Waals surface area contributed by atoms with Crippen molar-refractivity contribution in [2.24, 2.45) is 0 Å². The second-order valence-electron chi connectivity index (χ2n) is 8.93. The van der Waals surface area contributed by atoms with Crippen molar-refractivity contribution >= 4 is 33.8 Å². The molecular weight excluding hydrogens is 514 g/mol. The van der Waals surface area contributed by atoms with Crippen molar-refractivity contribution in [1.29, 1.82) is 0 Å². The highest BCUT2D eigenvalue weighted by molar-refractivity contribution is 9.10. The first-order chi connectivity index (χ1) is 17.5. The van der Waals surface area contributed by atoms with Crippen molar-refractivity contribution in [3.05, 3.63) is 100 Å². The fraction of sp³-hybridized carbons (Fsp3) is 0.333. The molecule has 36 heavy (non-hydrogen) atoms. The fourth-order valence-corrected chi connectivity index (χ4v) is 4.27. The van der Waals surface area contributed by atoms with Crippen molar-refractivity contribution in [1.82, 2.24) is 14.4 Å². The lowest BCUT2D eigenvalue weighted by Crippen LogP contribution is -2.43. The summed E-state index contributed by atoms with van der Waals surface area (Å²) >= 11 is 3.49. The number of carbonyl (C=O) groups excluding carboxylic acids is 2. The number of rotatable bonds is 13. The van der Waals surface area contributed by atoms with E-state index in [-0.39, 0.29) is 18.4 Å². The van der Waals surface area contributed by atoms with Gasteiger partial charge in [0.05, 0.1) is 6.54 Å². The molecule has 6 heteroatoms. The zero-order valence-corrected chi connectivity index (χ0v) is 22.9. The monoisotopic (exact) mass is 549 g/mol. The molecule has 3 aromatic rings. The SMILES string of the molecule is CCCCN(Cc1cccn1Cc1ccc(Br)cc1)C(=O)CN(CCC)C(=O)/C=C/c1ccccc1. The molecule has 0 fully saturated rings. The first-order valence-electron chi connectivity index (χ1n) is 12.7. The smallest absolute Gasteiger partial charge is 0.247 e. The quantitative estimate of drug-likeness (QED) is 0.232. The number of halogens is 1. The van der Waals surface area contributed by atoms with E-state index in [9.17, 15) is 9.59 Å². The van der Waals surface area contributed by atoms with Crippen molar-refractivity contribution in [2.45, 2.75) is 46.2 Å². The molecular formula is C30H36BrN3O2. The molecule has 1 aromatic heterocycles. The average molecular weight is 551 g/mol. The Hall–Kier alpha value is -3.12. The van der Waals surface area contributed by atoms with Gasteiger partial charge in [-0.05, 0) is 54.3 Å². The third-order valence-corrected chi connectivity index (χ3v) is 6.55. The van der Waals surface area contributed by atoms with Crippen LogP contribution in [0.1, 0.15) is 49.9 Å². The molecule has 0 unspecified atom stereocenters. The van der Waals surface area contributed by atoms with Crippen molar-refractivity contribution < 1.29 is 9.59 Å². The van der Waals surface area contributed by atoms with Crippen LogP contribution in [0.3, 0.4) is 0 Å². The van der Waals surface area contributed by atoms with Gasteiger partial charge in [-0.1, -0.05) is 78.7 Å². The Labute approximate surface area is 223 Å². The zero-order valence-electron chi connectivity index (χ0n) is 21.3. The van der Waals surface area contributed by atoms with Crippen LogP contribution in [0.4, 0.5) is 0 Å². The van der Waals surface area contributed by atoms with Gasteiger partial charge in [0.2, 0.25) is 11.8 Å². The van der Waals surface area contributed by atoms with Gasteiger partial charge in [-0.25, -0.2) is 0 Å². The van der Waals surface area contributed by atoms with Crippen molar-refractivity contribution in [3.8, 4) is 0 Å². The molecule has 0 saturated heterocycles. The van der Waals surface area contributed by atoms with Crippen LogP contribution in [-0.4, -0.2) is 45.8 Å². The summed E-state index contributed by atoms with van der Waals surface area (Å²) in [6.07, 6.45) is 8.15. The summed E-state index contributed by atoms with van der Waals surface area (Å²) in [5.74, 6) is -0.155. The molecule has 0 aliphatic rings. The second kappa shape index (κ2) is 14.4. The first kappa shape index (κ1) is 27.5. The average Bonchev–Trinajstić information content (AvgIpc) is 3.33. The maximum atomic E-state index is 13.4. The minimum absolute atomic E-state index is 0.0187. The van der Waals surface area contributed by atoms with E-state index in [0.29, 0.717) is 19.6 Å². The second-order valence-corrected chi connectivity index (χ2v) is 9.84. The van der Waals surface area contributed by atoms with Crippen LogP contribution in [0.2, 0.25) is 0 Å². The molecule has 0 saturated carbocycles. The maximum Gasteiger partial charge on any atom is 0.247 e. The van der Waals surface area contributed by atoms with Crippen molar-refractivity contribution in [3.63, 3.8) is 0 Å². The van der Waals surface area contributed by atoms with Gasteiger partial charge in [-0.3, -0.25) is 9.59 Å². The molecule has 5 nitrogen and oxygen atoms in total. The molecule has 2 amide bonds. The molecule has 2 aromatic carbocycles. The number of nitrogens with zero attached hydrogens (tertiary/aromatic N) is 3. The third kappa shape index (κ3) is 8.52. The van der Waals surface area contributed by atoms with Gasteiger partial charge in [-0.2, -0.15) is 0 Å². The highest BCUT2D eigenvalue weighted by atomic mass is 79.9. The van der Waals surface area contributed by atoms with Crippen LogP contribution in [0.5, 0.6) is 0 Å². The summed E-state index contributed by atoms with van der Waals surface area (Å²) in [7, 11) is 0. The summed E-state index contributed by atoms with van der Waals surface area (Å²) in [4.78, 5) is 29.9. The molecule has 0 spiro atoms. The van der Waals surface area contributed by atoms with Gasteiger partial charge in [0.25, 0.3) is 0 Å². The Kier molecular flexibility index (Phi) is 11.0. The number of benzene rings is 2. The molecule has 190 valence electrons. The van der Waals surface area contributed by atoms with Crippen LogP contribution >= 0.6 is 15.9 Å². The van der Waals surface area contributed by atoms with E-state index in [1.54, 1.807) is 17.1 Å². The minimum atomic E-state index is -0.136. The van der Waals surface area contributed by atoms with Gasteiger partial charge in [0.15, 0.2) is 0 Å². The summed E-state index contributed by atoms with van der Waals surface area (Å²) in [5, 5.41) is 0. The number of amides is 2. The third-order valence-electron chi connectivity index (χ3n) is 6.03. The minimum Gasteiger partial charge on any atom is -0.345 e. The highest BCUT2D eigenvalue weighted by Gasteiger charge is 2.20. The Morgan fingerprint density at radius 3 is 2.33 bits per heavy atom. The lowest BCUT2D eigenvalue weighted by molar-refractivity contribution is -0.138. The van der Waals surface area contributed by atoms with Gasteiger partial charge < -0.3 is 14.4 Å². The van der Waals surface area contributed by atoms with Gasteiger partial charge >= 0.3 is 0 Å². The summed E-state index contributed by atoms with van der Waals surface area (Å²) in [5.41, 5.74) is 3.25. The fourth-order valence-electron chi connectivity index (χ4n) is 4.01. The van der Waals surface area contributed by atoms with E-state index < -0.39 is 0 Å². The Bertz CT molecular complexity index is 1120. The number of aromatic nitrogens is 1. The Morgan fingerprint density at radius 2 is 1.64 bits per heavy atom. The topological polar surface area (TPSA) is 45.6 Å². The molecule has 0 aliphatic heterocycles. The van der Waals surface area contributed by atoms with Crippen LogP contribution in [0, 0.1) is 0 Å². The number of unbranched alkanes of at least 4 members (excludes halogenated alkanes) is 1. The van der Waals surface area contributed by atoms with E-state index in [0.717, 1.165) is 41.5 Å². The molecule has 0 radical (unpaired) electrons. The van der Waals surface area contributed by atoms with Crippen molar-refractivity contribution in [2.75, 3.05) is 19.6 Å². The first-order valence-corrected chi connectivity index (χ1v) is 13.5. The van der Waals surface area contributed by atoms with Crippen LogP contribution in [-0.2, 0) is 22.7 Å². The summed E-state index contributed by atoms with van der Waals surface area (Å²) in [6.45, 7) is 6.73. The predicted octanol–water partition coefficient (Wildman–Crippen LogP) is 6.38.